The molecule has 3 aromatic rings. The van der Waals surface area contributed by atoms with Gasteiger partial charge in [-0.2, -0.15) is 13.2 Å². The largest absolute Gasteiger partial charge is 0.490 e. The summed E-state index contributed by atoms with van der Waals surface area (Å²) in [6.45, 7) is 9.94. The maximum atomic E-state index is 12.9. The van der Waals surface area contributed by atoms with Crippen LogP contribution in [0.2, 0.25) is 0 Å². The number of rotatable bonds is 6. The van der Waals surface area contributed by atoms with E-state index in [9.17, 15) is 31.5 Å². The van der Waals surface area contributed by atoms with Gasteiger partial charge in [0.2, 0.25) is 0 Å². The zero-order valence-corrected chi connectivity index (χ0v) is 24.3. The first kappa shape index (κ1) is 32.3. The monoisotopic (exact) mass is 607 g/mol. The van der Waals surface area contributed by atoms with E-state index in [-0.39, 0.29) is 22.2 Å². The highest BCUT2D eigenvalue weighted by atomic mass is 32.2. The number of nitrogens with one attached hydrogen (secondary N) is 1. The number of halogens is 3. The Labute approximate surface area is 242 Å². The van der Waals surface area contributed by atoms with E-state index in [1.165, 1.54) is 11.6 Å². The first-order chi connectivity index (χ1) is 19.5. The first-order valence-electron chi connectivity index (χ1n) is 12.8. The molecule has 42 heavy (non-hydrogen) atoms. The first-order valence-corrected chi connectivity index (χ1v) is 14.3. The third-order valence-electron chi connectivity index (χ3n) is 6.53. The number of aliphatic carboxylic acids is 1. The molecule has 0 spiro atoms. The third kappa shape index (κ3) is 8.15. The van der Waals surface area contributed by atoms with Crippen LogP contribution in [0.25, 0.3) is 0 Å². The fraction of sp³-hybridized carbons (Fsp3) is 0.310. The highest BCUT2D eigenvalue weighted by Crippen LogP contribution is 2.30. The van der Waals surface area contributed by atoms with Crippen molar-refractivity contribution in [1.29, 1.82) is 0 Å². The maximum Gasteiger partial charge on any atom is 0.490 e. The Bertz CT molecular complexity index is 1560. The summed E-state index contributed by atoms with van der Waals surface area (Å²) in [4.78, 5) is 25.6. The van der Waals surface area contributed by atoms with Crippen LogP contribution in [0.1, 0.15) is 34.0 Å². The Balaban J connectivity index is 0.000000616. The van der Waals surface area contributed by atoms with Gasteiger partial charge in [-0.15, -0.1) is 0 Å². The summed E-state index contributed by atoms with van der Waals surface area (Å²) in [5, 5.41) is 17.0. The highest BCUT2D eigenvalue weighted by molar-refractivity contribution is 7.92. The number of alkyl halides is 3. The molecule has 0 saturated carbocycles. The molecule has 1 unspecified atom stereocenters. The summed E-state index contributed by atoms with van der Waals surface area (Å²) in [6.07, 6.45) is -5.08. The number of nitrogens with zero attached hydrogens (tertiary/aromatic N) is 2. The fourth-order valence-corrected chi connectivity index (χ4v) is 5.95. The maximum absolute atomic E-state index is 12.9. The normalized spacial score (nSPS) is 15.5. The van der Waals surface area contributed by atoms with Gasteiger partial charge in [-0.1, -0.05) is 18.2 Å². The third-order valence-corrected chi connectivity index (χ3v) is 7.89. The van der Waals surface area contributed by atoms with Crippen molar-refractivity contribution in [1.82, 2.24) is 0 Å². The van der Waals surface area contributed by atoms with Gasteiger partial charge in [0.1, 0.15) is 0 Å². The van der Waals surface area contributed by atoms with Crippen molar-refractivity contribution in [3.63, 3.8) is 0 Å². The van der Waals surface area contributed by atoms with Crippen molar-refractivity contribution in [3.8, 4) is 0 Å². The number of hydrogen-bond acceptors (Lipinski definition) is 6. The van der Waals surface area contributed by atoms with Crippen LogP contribution in [0.4, 0.5) is 30.2 Å². The number of piperazine rings is 1. The Hall–Kier alpha value is -4.26. The lowest BCUT2D eigenvalue weighted by Crippen LogP contribution is -2.52. The number of aromatic carboxylic acids is 1. The average molecular weight is 608 g/mol. The van der Waals surface area contributed by atoms with Crippen molar-refractivity contribution in [2.75, 3.05) is 34.2 Å². The summed E-state index contributed by atoms with van der Waals surface area (Å²) >= 11 is 0. The summed E-state index contributed by atoms with van der Waals surface area (Å²) < 4.78 is 60.1. The van der Waals surface area contributed by atoms with E-state index in [0.29, 0.717) is 18.8 Å². The molecule has 1 atom stereocenters. The van der Waals surface area contributed by atoms with Crippen molar-refractivity contribution in [2.24, 2.45) is 0 Å². The van der Waals surface area contributed by atoms with Crippen molar-refractivity contribution in [2.45, 2.75) is 44.8 Å². The number of aryl methyl sites for hydroxylation is 3. The van der Waals surface area contributed by atoms with Crippen molar-refractivity contribution < 1.29 is 41.4 Å². The average Bonchev–Trinajstić information content (AvgIpc) is 2.87. The standard InChI is InChI=1S/C27H31N3O4S.C2HF3O2/c1-18-6-5-7-23(13-18)30-11-10-29(17-21(30)4)26-9-8-22(16-25(26)27(31)32)28-35(33,34)24-14-19(2)12-20(3)15-24;3-2(4,5)1(6)7/h5-9,12-16,21,28H,10-11,17H2,1-4H3,(H,31,32);(H,6,7). The Morgan fingerprint density at radius 1 is 0.905 bits per heavy atom. The minimum atomic E-state index is -5.08. The summed E-state index contributed by atoms with van der Waals surface area (Å²) in [7, 11) is -3.85. The number of carbonyl (C=O) groups is 2. The van der Waals surface area contributed by atoms with Gasteiger partial charge in [0.05, 0.1) is 16.1 Å². The van der Waals surface area contributed by atoms with E-state index in [1.807, 2.05) is 26.0 Å². The molecule has 0 bridgehead atoms. The molecular weight excluding hydrogens is 575 g/mol. The van der Waals surface area contributed by atoms with Crippen LogP contribution >= 0.6 is 0 Å². The molecule has 4 rings (SSSR count). The van der Waals surface area contributed by atoms with Gasteiger partial charge in [0.25, 0.3) is 10.0 Å². The molecule has 0 radical (unpaired) electrons. The second kappa shape index (κ2) is 12.7. The SMILES string of the molecule is Cc1cccc(N2CCN(c3ccc(NS(=O)(=O)c4cc(C)cc(C)c4)cc3C(=O)O)CC2C)c1.O=C(O)C(F)(F)F. The van der Waals surface area contributed by atoms with Gasteiger partial charge in [-0.25, -0.2) is 18.0 Å². The molecule has 1 aliphatic heterocycles. The highest BCUT2D eigenvalue weighted by Gasteiger charge is 2.38. The van der Waals surface area contributed by atoms with E-state index in [1.54, 1.807) is 24.3 Å². The zero-order valence-electron chi connectivity index (χ0n) is 23.4. The molecular formula is C29H32F3N3O6S. The number of anilines is 3. The quantitative estimate of drug-likeness (QED) is 0.337. The molecule has 0 amide bonds. The van der Waals surface area contributed by atoms with Crippen molar-refractivity contribution in [3.05, 3.63) is 82.9 Å². The van der Waals surface area contributed by atoms with E-state index in [0.717, 1.165) is 23.4 Å². The lowest BCUT2D eigenvalue weighted by molar-refractivity contribution is -0.192. The molecule has 13 heteroatoms. The molecule has 9 nitrogen and oxygen atoms in total. The Kier molecular flexibility index (Phi) is 9.77. The smallest absolute Gasteiger partial charge is 0.478 e. The summed E-state index contributed by atoms with van der Waals surface area (Å²) in [5.41, 5.74) is 4.91. The van der Waals surface area contributed by atoms with Gasteiger partial charge >= 0.3 is 18.1 Å². The fourth-order valence-electron chi connectivity index (χ4n) is 4.72. The minimum absolute atomic E-state index is 0.0711. The molecule has 3 aromatic carbocycles. The van der Waals surface area contributed by atoms with Gasteiger partial charge in [0.15, 0.2) is 0 Å². The van der Waals surface area contributed by atoms with Crippen LogP contribution in [0, 0.1) is 20.8 Å². The Morgan fingerprint density at radius 2 is 1.52 bits per heavy atom. The molecule has 1 aliphatic rings. The number of carboxylic acid groups (broad SMARTS) is 2. The van der Waals surface area contributed by atoms with Crippen LogP contribution in [-0.2, 0) is 14.8 Å². The van der Waals surface area contributed by atoms with Gasteiger partial charge < -0.3 is 20.0 Å². The van der Waals surface area contributed by atoms with Crippen LogP contribution in [0.3, 0.4) is 0 Å². The topological polar surface area (TPSA) is 127 Å². The van der Waals surface area contributed by atoms with Crippen LogP contribution in [-0.4, -0.2) is 62.4 Å². The molecule has 0 aromatic heterocycles. The van der Waals surface area contributed by atoms with E-state index < -0.39 is 28.1 Å². The van der Waals surface area contributed by atoms with E-state index in [2.05, 4.69) is 46.6 Å². The minimum Gasteiger partial charge on any atom is -0.478 e. The van der Waals surface area contributed by atoms with E-state index >= 15 is 0 Å². The van der Waals surface area contributed by atoms with Crippen LogP contribution in [0.5, 0.6) is 0 Å². The van der Waals surface area contributed by atoms with Gasteiger partial charge in [0, 0.05) is 37.1 Å². The van der Waals surface area contributed by atoms with Crippen LogP contribution in [0.15, 0.2) is 65.6 Å². The summed E-state index contributed by atoms with van der Waals surface area (Å²) in [6, 6.07) is 18.3. The molecule has 226 valence electrons. The Morgan fingerprint density at radius 3 is 2.05 bits per heavy atom. The van der Waals surface area contributed by atoms with E-state index in [4.69, 9.17) is 9.90 Å². The van der Waals surface area contributed by atoms with Crippen molar-refractivity contribution >= 4 is 39.0 Å². The number of sulfonamides is 1. The van der Waals surface area contributed by atoms with Gasteiger partial charge in [-0.05, 0) is 86.8 Å². The van der Waals surface area contributed by atoms with Crippen LogP contribution < -0.4 is 14.5 Å². The van der Waals surface area contributed by atoms with Gasteiger partial charge in [-0.3, -0.25) is 4.72 Å². The second-order valence-corrected chi connectivity index (χ2v) is 11.8. The second-order valence-electron chi connectivity index (χ2n) is 10.1. The predicted molar refractivity (Wildman–Crippen MR) is 154 cm³/mol. The summed E-state index contributed by atoms with van der Waals surface area (Å²) in [5.74, 6) is -3.85. The molecule has 0 aliphatic carbocycles. The molecule has 1 heterocycles. The molecule has 3 N–H and O–H groups in total. The molecule has 1 saturated heterocycles. The lowest BCUT2D eigenvalue weighted by Gasteiger charge is -2.42. The number of benzene rings is 3. The molecule has 1 fully saturated rings. The predicted octanol–water partition coefficient (Wildman–Crippen LogP) is 5.46. The zero-order chi connectivity index (χ0) is 31.4. The lowest BCUT2D eigenvalue weighted by atomic mass is 10.1. The number of hydrogen-bond donors (Lipinski definition) is 3. The number of carboxylic acids is 2.